The molecule has 5 heteroatoms. The fraction of sp³-hybridized carbons (Fsp3) is 0.500. The van der Waals surface area contributed by atoms with Crippen molar-refractivity contribution in [3.8, 4) is 0 Å². The highest BCUT2D eigenvalue weighted by atomic mass is 32.1. The lowest BCUT2D eigenvalue weighted by atomic mass is 9.95. The molecule has 2 amide bonds. The maximum Gasteiger partial charge on any atom is 0.416 e. The van der Waals surface area contributed by atoms with Gasteiger partial charge >= 0.3 is 6.09 Å². The second kappa shape index (κ2) is 6.10. The molecule has 1 aliphatic rings. The van der Waals surface area contributed by atoms with E-state index in [0.717, 1.165) is 5.56 Å². The van der Waals surface area contributed by atoms with E-state index >= 15 is 0 Å². The summed E-state index contributed by atoms with van der Waals surface area (Å²) in [6, 6.07) is 9.42. The quantitative estimate of drug-likeness (QED) is 0.869. The molecular formula is C16H21NO3S. The van der Waals surface area contributed by atoms with Crippen molar-refractivity contribution in [2.45, 2.75) is 38.0 Å². The van der Waals surface area contributed by atoms with E-state index in [0.29, 0.717) is 0 Å². The lowest BCUT2D eigenvalue weighted by Crippen LogP contribution is -2.43. The average Bonchev–Trinajstić information content (AvgIpc) is 2.81. The molecule has 0 aromatic heterocycles. The summed E-state index contributed by atoms with van der Waals surface area (Å²) in [4.78, 5) is 25.6. The molecule has 4 nitrogen and oxygen atoms in total. The Morgan fingerprint density at radius 1 is 1.43 bits per heavy atom. The van der Waals surface area contributed by atoms with Gasteiger partial charge in [-0.15, -0.1) is 0 Å². The molecule has 0 N–H and O–H groups in total. The van der Waals surface area contributed by atoms with Gasteiger partial charge in [-0.25, -0.2) is 9.69 Å². The van der Waals surface area contributed by atoms with Crippen molar-refractivity contribution in [2.24, 2.45) is 5.92 Å². The molecule has 1 aromatic rings. The molecule has 0 aliphatic carbocycles. The van der Waals surface area contributed by atoms with E-state index in [-0.39, 0.29) is 30.9 Å². The summed E-state index contributed by atoms with van der Waals surface area (Å²) in [6.45, 7) is 6.11. The zero-order valence-corrected chi connectivity index (χ0v) is 13.5. The van der Waals surface area contributed by atoms with Crippen molar-refractivity contribution in [3.63, 3.8) is 0 Å². The van der Waals surface area contributed by atoms with Crippen LogP contribution >= 0.6 is 12.6 Å². The van der Waals surface area contributed by atoms with Crippen LogP contribution in [-0.4, -0.2) is 29.5 Å². The first kappa shape index (κ1) is 15.9. The van der Waals surface area contributed by atoms with Crippen molar-refractivity contribution in [1.82, 2.24) is 4.90 Å². The van der Waals surface area contributed by atoms with Crippen LogP contribution in [0, 0.1) is 5.92 Å². The largest absolute Gasteiger partial charge is 0.447 e. The summed E-state index contributed by atoms with van der Waals surface area (Å²) >= 11 is 4.62. The van der Waals surface area contributed by atoms with Crippen molar-refractivity contribution in [1.29, 1.82) is 0 Å². The number of ether oxygens (including phenoxy) is 1. The SMILES string of the molecule is CC(C)[C@H]1COC(=O)N1C(=O)C[C@](C)(S)c1ccccc1. The number of carbonyl (C=O) groups is 2. The zero-order chi connectivity index (χ0) is 15.6. The Balaban J connectivity index is 2.15. The van der Waals surface area contributed by atoms with E-state index in [1.807, 2.05) is 51.1 Å². The lowest BCUT2D eigenvalue weighted by Gasteiger charge is -2.28. The first-order valence-corrected chi connectivity index (χ1v) is 7.54. The van der Waals surface area contributed by atoms with Gasteiger partial charge < -0.3 is 4.74 Å². The highest BCUT2D eigenvalue weighted by Crippen LogP contribution is 2.33. The summed E-state index contributed by atoms with van der Waals surface area (Å²) in [5, 5.41) is 0. The Hall–Kier alpha value is -1.49. The molecule has 0 spiro atoms. The number of rotatable bonds is 4. The molecule has 0 radical (unpaired) electrons. The third-order valence-corrected chi connectivity index (χ3v) is 4.25. The molecule has 1 aromatic carbocycles. The van der Waals surface area contributed by atoms with Gasteiger partial charge in [-0.2, -0.15) is 12.6 Å². The minimum atomic E-state index is -0.622. The normalized spacial score (nSPS) is 21.3. The molecule has 1 saturated heterocycles. The molecule has 0 bridgehead atoms. The van der Waals surface area contributed by atoms with E-state index < -0.39 is 10.8 Å². The van der Waals surface area contributed by atoms with Crippen LogP contribution in [0.1, 0.15) is 32.8 Å². The maximum absolute atomic E-state index is 12.5. The first-order valence-electron chi connectivity index (χ1n) is 7.09. The molecule has 1 heterocycles. The van der Waals surface area contributed by atoms with Crippen LogP contribution in [0.3, 0.4) is 0 Å². The third kappa shape index (κ3) is 3.40. The number of thiol groups is 1. The summed E-state index contributed by atoms with van der Waals surface area (Å²) < 4.78 is 4.40. The Morgan fingerprint density at radius 3 is 2.62 bits per heavy atom. The maximum atomic E-state index is 12.5. The monoisotopic (exact) mass is 307 g/mol. The van der Waals surface area contributed by atoms with Gasteiger partial charge in [0.15, 0.2) is 0 Å². The highest BCUT2D eigenvalue weighted by Gasteiger charge is 2.41. The smallest absolute Gasteiger partial charge is 0.416 e. The number of hydrogen-bond acceptors (Lipinski definition) is 4. The molecule has 21 heavy (non-hydrogen) atoms. The second-order valence-corrected chi connectivity index (χ2v) is 6.96. The predicted octanol–water partition coefficient (Wildman–Crippen LogP) is 3.23. The first-order chi connectivity index (χ1) is 9.83. The van der Waals surface area contributed by atoms with E-state index in [9.17, 15) is 9.59 Å². The third-order valence-electron chi connectivity index (χ3n) is 3.84. The Labute approximate surface area is 130 Å². The molecule has 1 fully saturated rings. The van der Waals surface area contributed by atoms with Crippen LogP contribution in [0.4, 0.5) is 4.79 Å². The summed E-state index contributed by atoms with van der Waals surface area (Å²) in [6.07, 6.45) is -0.394. The van der Waals surface area contributed by atoms with Gasteiger partial charge in [0.25, 0.3) is 0 Å². The number of cyclic esters (lactones) is 1. The topological polar surface area (TPSA) is 46.6 Å². The van der Waals surface area contributed by atoms with Gasteiger partial charge in [-0.1, -0.05) is 44.2 Å². The Morgan fingerprint density at radius 2 is 2.05 bits per heavy atom. The van der Waals surface area contributed by atoms with Crippen LogP contribution in [-0.2, 0) is 14.3 Å². The van der Waals surface area contributed by atoms with E-state index in [4.69, 9.17) is 4.74 Å². The predicted molar refractivity (Wildman–Crippen MR) is 84.2 cm³/mol. The van der Waals surface area contributed by atoms with Crippen molar-refractivity contribution in [3.05, 3.63) is 35.9 Å². The molecule has 114 valence electrons. The number of amides is 2. The fourth-order valence-electron chi connectivity index (χ4n) is 2.49. The van der Waals surface area contributed by atoms with E-state index in [1.54, 1.807) is 0 Å². The fourth-order valence-corrected chi connectivity index (χ4v) is 2.78. The number of hydrogen-bond donors (Lipinski definition) is 1. The Kier molecular flexibility index (Phi) is 4.61. The van der Waals surface area contributed by atoms with Gasteiger partial charge in [-0.05, 0) is 18.4 Å². The van der Waals surface area contributed by atoms with Crippen molar-refractivity contribution >= 4 is 24.6 Å². The van der Waals surface area contributed by atoms with Crippen molar-refractivity contribution < 1.29 is 14.3 Å². The van der Waals surface area contributed by atoms with Crippen LogP contribution in [0.15, 0.2) is 30.3 Å². The molecule has 2 atom stereocenters. The van der Waals surface area contributed by atoms with Crippen LogP contribution in [0.5, 0.6) is 0 Å². The van der Waals surface area contributed by atoms with Crippen molar-refractivity contribution in [2.75, 3.05) is 6.61 Å². The van der Waals surface area contributed by atoms with Gasteiger partial charge in [0.2, 0.25) is 5.91 Å². The zero-order valence-electron chi connectivity index (χ0n) is 12.6. The van der Waals surface area contributed by atoms with Gasteiger partial charge in [0.1, 0.15) is 6.61 Å². The van der Waals surface area contributed by atoms with Crippen LogP contribution < -0.4 is 0 Å². The summed E-state index contributed by atoms with van der Waals surface area (Å²) in [7, 11) is 0. The molecule has 2 rings (SSSR count). The highest BCUT2D eigenvalue weighted by molar-refractivity contribution is 7.81. The van der Waals surface area contributed by atoms with E-state index in [1.165, 1.54) is 4.90 Å². The number of benzene rings is 1. The van der Waals surface area contributed by atoms with E-state index in [2.05, 4.69) is 12.6 Å². The van der Waals surface area contributed by atoms with Gasteiger partial charge in [0.05, 0.1) is 6.04 Å². The number of carbonyl (C=O) groups excluding carboxylic acids is 2. The number of imide groups is 1. The Bertz CT molecular complexity index is 528. The van der Waals surface area contributed by atoms with Crippen LogP contribution in [0.25, 0.3) is 0 Å². The summed E-state index contributed by atoms with van der Waals surface area (Å²) in [5.41, 5.74) is 0.954. The minimum absolute atomic E-state index is 0.151. The lowest BCUT2D eigenvalue weighted by molar-refractivity contribution is -0.130. The summed E-state index contributed by atoms with van der Waals surface area (Å²) in [5.74, 6) is -0.0687. The van der Waals surface area contributed by atoms with Crippen LogP contribution in [0.2, 0.25) is 0 Å². The molecule has 1 aliphatic heterocycles. The van der Waals surface area contributed by atoms with Gasteiger partial charge in [0, 0.05) is 11.2 Å². The van der Waals surface area contributed by atoms with Gasteiger partial charge in [-0.3, -0.25) is 4.79 Å². The second-order valence-electron chi connectivity index (χ2n) is 5.97. The minimum Gasteiger partial charge on any atom is -0.447 e. The number of nitrogens with zero attached hydrogens (tertiary/aromatic N) is 1. The average molecular weight is 307 g/mol. The standard InChI is InChI=1S/C16H21NO3S/c1-11(2)13-10-20-15(19)17(13)14(18)9-16(3,21)12-7-5-4-6-8-12/h4-8,11,13,21H,9-10H2,1-3H3/t13-,16+/m1/s1. The molecule has 0 saturated carbocycles. The molecule has 0 unspecified atom stereocenters. The molecular weight excluding hydrogens is 286 g/mol.